The van der Waals surface area contributed by atoms with Gasteiger partial charge in [-0.3, -0.25) is 9.59 Å². The topological polar surface area (TPSA) is 104 Å². The summed E-state index contributed by atoms with van der Waals surface area (Å²) in [5.41, 5.74) is 2.74. The summed E-state index contributed by atoms with van der Waals surface area (Å²) < 4.78 is 10.6. The number of amides is 2. The first-order valence-corrected chi connectivity index (χ1v) is 11.5. The summed E-state index contributed by atoms with van der Waals surface area (Å²) in [7, 11) is 6.90. The number of hydrogen-bond acceptors (Lipinski definition) is 7. The van der Waals surface area contributed by atoms with Crippen molar-refractivity contribution in [3.63, 3.8) is 0 Å². The van der Waals surface area contributed by atoms with E-state index in [0.717, 1.165) is 12.1 Å². The molecular weight excluding hydrogens is 460 g/mol. The Balaban J connectivity index is 1.70. The molecule has 2 aromatic carbocycles. The van der Waals surface area contributed by atoms with Crippen molar-refractivity contribution in [3.8, 4) is 0 Å². The lowest BCUT2D eigenvalue weighted by atomic mass is 9.90. The highest BCUT2D eigenvalue weighted by Gasteiger charge is 2.36. The number of fused-ring (bicyclic) bond motifs is 1. The molecular formula is C27H28N4O5. The first-order valence-electron chi connectivity index (χ1n) is 11.5. The second-order valence-corrected chi connectivity index (χ2v) is 8.75. The average molecular weight is 489 g/mol. The number of nitrogens with zero attached hydrogens (tertiary/aromatic N) is 3. The highest BCUT2D eigenvalue weighted by Crippen LogP contribution is 2.37. The molecule has 3 aromatic rings. The first kappa shape index (κ1) is 24.9. The van der Waals surface area contributed by atoms with Gasteiger partial charge in [0.25, 0.3) is 5.91 Å². The molecule has 1 atom stereocenters. The van der Waals surface area contributed by atoms with E-state index in [1.807, 2.05) is 49.3 Å². The first-order chi connectivity index (χ1) is 17.3. The normalized spacial score (nSPS) is 15.0. The van der Waals surface area contributed by atoms with Gasteiger partial charge >= 0.3 is 5.97 Å². The van der Waals surface area contributed by atoms with Crippen LogP contribution < -0.4 is 5.32 Å². The van der Waals surface area contributed by atoms with Gasteiger partial charge in [0.15, 0.2) is 5.76 Å². The number of hydrogen-bond donors (Lipinski definition) is 1. The van der Waals surface area contributed by atoms with Crippen molar-refractivity contribution >= 4 is 35.1 Å². The number of furan rings is 1. The van der Waals surface area contributed by atoms with Crippen molar-refractivity contribution < 1.29 is 23.5 Å². The van der Waals surface area contributed by atoms with Crippen LogP contribution in [-0.4, -0.2) is 74.6 Å². The zero-order chi connectivity index (χ0) is 25.8. The third kappa shape index (κ3) is 5.21. The molecule has 2 heterocycles. The van der Waals surface area contributed by atoms with Gasteiger partial charge in [-0.15, -0.1) is 0 Å². The van der Waals surface area contributed by atoms with Crippen LogP contribution in [0.2, 0.25) is 0 Å². The van der Waals surface area contributed by atoms with Crippen LogP contribution in [0, 0.1) is 0 Å². The lowest BCUT2D eigenvalue weighted by molar-refractivity contribution is -0.115. The maximum Gasteiger partial charge on any atom is 0.337 e. The predicted molar refractivity (Wildman–Crippen MR) is 136 cm³/mol. The van der Waals surface area contributed by atoms with E-state index in [4.69, 9.17) is 9.15 Å². The van der Waals surface area contributed by atoms with Crippen LogP contribution >= 0.6 is 0 Å². The van der Waals surface area contributed by atoms with Crippen LogP contribution in [0.5, 0.6) is 0 Å². The number of rotatable bonds is 8. The molecule has 1 aliphatic heterocycles. The predicted octanol–water partition coefficient (Wildman–Crippen LogP) is 3.56. The molecule has 0 spiro atoms. The average Bonchev–Trinajstić information content (AvgIpc) is 3.48. The number of esters is 1. The van der Waals surface area contributed by atoms with Crippen molar-refractivity contribution in [2.45, 2.75) is 5.92 Å². The molecule has 2 amide bonds. The second kappa shape index (κ2) is 10.6. The van der Waals surface area contributed by atoms with Crippen molar-refractivity contribution in [1.82, 2.24) is 9.80 Å². The number of likely N-dealkylation sites (N-methyl/N-ethyl adjacent to an activating group) is 2. The Morgan fingerprint density at radius 1 is 1.00 bits per heavy atom. The van der Waals surface area contributed by atoms with E-state index in [9.17, 15) is 14.4 Å². The van der Waals surface area contributed by atoms with Gasteiger partial charge < -0.3 is 24.3 Å². The minimum Gasteiger partial charge on any atom is -0.465 e. The van der Waals surface area contributed by atoms with Gasteiger partial charge in [0.1, 0.15) is 5.92 Å². The van der Waals surface area contributed by atoms with E-state index in [1.54, 1.807) is 42.3 Å². The molecule has 9 nitrogen and oxygen atoms in total. The molecule has 0 fully saturated rings. The summed E-state index contributed by atoms with van der Waals surface area (Å²) in [6, 6.07) is 17.4. The van der Waals surface area contributed by atoms with Crippen LogP contribution in [0.3, 0.4) is 0 Å². The number of anilines is 1. The van der Waals surface area contributed by atoms with E-state index >= 15 is 0 Å². The smallest absolute Gasteiger partial charge is 0.337 e. The highest BCUT2D eigenvalue weighted by molar-refractivity contribution is 6.24. The Kier molecular flexibility index (Phi) is 7.30. The van der Waals surface area contributed by atoms with Crippen LogP contribution in [0.15, 0.2) is 70.1 Å². The minimum absolute atomic E-state index is 0.168. The molecule has 1 aliphatic rings. The van der Waals surface area contributed by atoms with Gasteiger partial charge in [-0.05, 0) is 43.4 Å². The molecule has 1 unspecified atom stereocenters. The number of methoxy groups -OCH3 is 1. The van der Waals surface area contributed by atoms with Crippen molar-refractivity contribution in [3.05, 3.63) is 83.1 Å². The fraction of sp³-hybridized carbons (Fsp3) is 0.259. The molecule has 4 rings (SSSR count). The van der Waals surface area contributed by atoms with E-state index in [2.05, 4.69) is 10.3 Å². The largest absolute Gasteiger partial charge is 0.465 e. The van der Waals surface area contributed by atoms with Crippen LogP contribution in [0.25, 0.3) is 0 Å². The van der Waals surface area contributed by atoms with Crippen molar-refractivity contribution in [2.75, 3.05) is 46.7 Å². The number of benzene rings is 2. The zero-order valence-corrected chi connectivity index (χ0v) is 20.6. The lowest BCUT2D eigenvalue weighted by Gasteiger charge is -2.18. The summed E-state index contributed by atoms with van der Waals surface area (Å²) in [5.74, 6) is -1.37. The zero-order valence-electron chi connectivity index (χ0n) is 20.6. The van der Waals surface area contributed by atoms with Gasteiger partial charge in [-0.25, -0.2) is 9.79 Å². The summed E-state index contributed by atoms with van der Waals surface area (Å²) in [6.45, 7) is 1.27. The van der Waals surface area contributed by atoms with Gasteiger partial charge in [0.05, 0.1) is 18.4 Å². The fourth-order valence-electron chi connectivity index (χ4n) is 3.94. The standard InChI is InChI=1S/C27H28N4O5/c1-30(2)14-15-31(3)26(33)21-12-13-22(36-21)29-24(17-8-6-5-7-9-17)23-19-11-10-18(27(34)35-4)16-20(19)28-25(23)32/h5-13,16,23H,14-15H2,1-4H3,(H,28,32). The molecule has 0 radical (unpaired) electrons. The number of nitrogens with one attached hydrogen (secondary N) is 1. The summed E-state index contributed by atoms with van der Waals surface area (Å²) in [4.78, 5) is 46.1. The minimum atomic E-state index is -0.735. The van der Waals surface area contributed by atoms with Crippen molar-refractivity contribution in [2.24, 2.45) is 4.99 Å². The van der Waals surface area contributed by atoms with Gasteiger partial charge in [0, 0.05) is 31.9 Å². The molecule has 186 valence electrons. The third-order valence-electron chi connectivity index (χ3n) is 5.91. The maximum absolute atomic E-state index is 13.1. The Labute approximate surface area is 209 Å². The summed E-state index contributed by atoms with van der Waals surface area (Å²) in [6.07, 6.45) is 0. The number of carbonyl (C=O) groups excluding carboxylic acids is 3. The van der Waals surface area contributed by atoms with Gasteiger partial charge in [-0.2, -0.15) is 0 Å². The number of aliphatic imine (C=N–C) groups is 1. The molecule has 1 N–H and O–H groups in total. The molecule has 0 bridgehead atoms. The molecule has 0 saturated heterocycles. The Hall–Kier alpha value is -4.24. The Bertz CT molecular complexity index is 1310. The summed E-state index contributed by atoms with van der Waals surface area (Å²) in [5, 5.41) is 2.84. The summed E-state index contributed by atoms with van der Waals surface area (Å²) >= 11 is 0. The van der Waals surface area contributed by atoms with Gasteiger partial charge in [-0.1, -0.05) is 36.4 Å². The molecule has 0 saturated carbocycles. The quantitative estimate of drug-likeness (QED) is 0.384. The lowest BCUT2D eigenvalue weighted by Crippen LogP contribution is -2.33. The SMILES string of the molecule is COC(=O)c1ccc2c(c1)NC(=O)C2C(=Nc1ccc(C(=O)N(C)CCN(C)C)o1)c1ccccc1. The van der Waals surface area contributed by atoms with Crippen LogP contribution in [0.4, 0.5) is 11.6 Å². The van der Waals surface area contributed by atoms with E-state index in [0.29, 0.717) is 29.1 Å². The highest BCUT2D eigenvalue weighted by atomic mass is 16.5. The van der Waals surface area contributed by atoms with Crippen LogP contribution in [-0.2, 0) is 9.53 Å². The number of ether oxygens (including phenoxy) is 1. The molecule has 9 heteroatoms. The third-order valence-corrected chi connectivity index (χ3v) is 5.91. The Morgan fingerprint density at radius 2 is 1.75 bits per heavy atom. The monoisotopic (exact) mass is 488 g/mol. The van der Waals surface area contributed by atoms with E-state index < -0.39 is 11.9 Å². The molecule has 36 heavy (non-hydrogen) atoms. The van der Waals surface area contributed by atoms with E-state index in [-0.39, 0.29) is 23.5 Å². The van der Waals surface area contributed by atoms with E-state index in [1.165, 1.54) is 7.11 Å². The fourth-order valence-corrected chi connectivity index (χ4v) is 3.94. The molecule has 0 aliphatic carbocycles. The number of carbonyl (C=O) groups is 3. The van der Waals surface area contributed by atoms with Gasteiger partial charge in [0.2, 0.25) is 11.8 Å². The van der Waals surface area contributed by atoms with Crippen molar-refractivity contribution in [1.29, 1.82) is 0 Å². The Morgan fingerprint density at radius 3 is 2.44 bits per heavy atom. The second-order valence-electron chi connectivity index (χ2n) is 8.75. The van der Waals surface area contributed by atoms with Crippen LogP contribution in [0.1, 0.15) is 38.0 Å². The molecule has 1 aromatic heterocycles. The maximum atomic E-state index is 13.1.